The second-order valence-electron chi connectivity index (χ2n) is 4.66. The van der Waals surface area contributed by atoms with Crippen molar-refractivity contribution in [2.75, 3.05) is 13.7 Å². The second-order valence-corrected chi connectivity index (χ2v) is 5.04. The van der Waals surface area contributed by atoms with Gasteiger partial charge in [-0.25, -0.2) is 4.39 Å². The topological polar surface area (TPSA) is 55.4 Å². The molecule has 0 saturated carbocycles. The summed E-state index contributed by atoms with van der Waals surface area (Å²) in [5.74, 6) is -1.65. The SMILES string of the molecule is COC(=O)C(C)(C)CNC(=O)c1cccc(F)c1Cl. The molecule has 0 aliphatic carbocycles. The van der Waals surface area contributed by atoms with Gasteiger partial charge in [-0.05, 0) is 26.0 Å². The Morgan fingerprint density at radius 1 is 1.42 bits per heavy atom. The van der Waals surface area contributed by atoms with E-state index in [1.807, 2.05) is 0 Å². The molecule has 1 N–H and O–H groups in total. The number of esters is 1. The van der Waals surface area contributed by atoms with Gasteiger partial charge in [-0.1, -0.05) is 17.7 Å². The summed E-state index contributed by atoms with van der Waals surface area (Å²) < 4.78 is 17.8. The largest absolute Gasteiger partial charge is 0.469 e. The molecule has 0 atom stereocenters. The molecule has 0 unspecified atom stereocenters. The molecule has 1 aromatic carbocycles. The molecule has 0 saturated heterocycles. The highest BCUT2D eigenvalue weighted by atomic mass is 35.5. The van der Waals surface area contributed by atoms with Crippen LogP contribution in [0.2, 0.25) is 5.02 Å². The van der Waals surface area contributed by atoms with Crippen LogP contribution in [0.1, 0.15) is 24.2 Å². The Labute approximate surface area is 115 Å². The van der Waals surface area contributed by atoms with E-state index in [1.165, 1.54) is 19.2 Å². The lowest BCUT2D eigenvalue weighted by Gasteiger charge is -2.21. The van der Waals surface area contributed by atoms with Gasteiger partial charge in [0.2, 0.25) is 0 Å². The first kappa shape index (κ1) is 15.4. The van der Waals surface area contributed by atoms with E-state index >= 15 is 0 Å². The van der Waals surface area contributed by atoms with Crippen molar-refractivity contribution < 1.29 is 18.7 Å². The van der Waals surface area contributed by atoms with Crippen LogP contribution in [0.5, 0.6) is 0 Å². The summed E-state index contributed by atoms with van der Waals surface area (Å²) in [6.07, 6.45) is 0. The zero-order chi connectivity index (χ0) is 14.6. The number of benzene rings is 1. The zero-order valence-electron chi connectivity index (χ0n) is 10.9. The number of hydrogen-bond acceptors (Lipinski definition) is 3. The number of amides is 1. The molecule has 0 aliphatic heterocycles. The summed E-state index contributed by atoms with van der Waals surface area (Å²) in [5, 5.41) is 2.29. The van der Waals surface area contributed by atoms with Crippen LogP contribution >= 0.6 is 11.6 Å². The normalized spacial score (nSPS) is 11.0. The Balaban J connectivity index is 2.76. The number of carbonyl (C=O) groups excluding carboxylic acids is 2. The van der Waals surface area contributed by atoms with Gasteiger partial charge in [0.05, 0.1) is 23.1 Å². The second kappa shape index (κ2) is 6.02. The molecule has 4 nitrogen and oxygen atoms in total. The van der Waals surface area contributed by atoms with Crippen molar-refractivity contribution in [1.82, 2.24) is 5.32 Å². The van der Waals surface area contributed by atoms with Crippen molar-refractivity contribution in [3.8, 4) is 0 Å². The van der Waals surface area contributed by atoms with Crippen molar-refractivity contribution >= 4 is 23.5 Å². The number of carbonyl (C=O) groups is 2. The molecule has 104 valence electrons. The van der Waals surface area contributed by atoms with E-state index in [1.54, 1.807) is 13.8 Å². The lowest BCUT2D eigenvalue weighted by atomic mass is 9.93. The molecule has 1 aromatic rings. The summed E-state index contributed by atoms with van der Waals surface area (Å²) in [4.78, 5) is 23.3. The first-order valence-electron chi connectivity index (χ1n) is 5.60. The monoisotopic (exact) mass is 287 g/mol. The van der Waals surface area contributed by atoms with Crippen molar-refractivity contribution in [3.63, 3.8) is 0 Å². The summed E-state index contributed by atoms with van der Waals surface area (Å²) >= 11 is 5.70. The molecule has 0 fully saturated rings. The third kappa shape index (κ3) is 3.67. The quantitative estimate of drug-likeness (QED) is 0.865. The summed E-state index contributed by atoms with van der Waals surface area (Å²) in [6.45, 7) is 3.32. The van der Waals surface area contributed by atoms with E-state index in [2.05, 4.69) is 10.1 Å². The Kier molecular flexibility index (Phi) is 4.89. The van der Waals surface area contributed by atoms with Crippen LogP contribution in [0.15, 0.2) is 18.2 Å². The van der Waals surface area contributed by atoms with Crippen molar-refractivity contribution in [2.24, 2.45) is 5.41 Å². The summed E-state index contributed by atoms with van der Waals surface area (Å²) in [5.41, 5.74) is -0.841. The first-order valence-corrected chi connectivity index (χ1v) is 5.98. The number of halogens is 2. The fraction of sp³-hybridized carbons (Fsp3) is 0.385. The molecule has 0 bridgehead atoms. The van der Waals surface area contributed by atoms with Crippen LogP contribution in [0.4, 0.5) is 4.39 Å². The fourth-order valence-electron chi connectivity index (χ4n) is 1.42. The summed E-state index contributed by atoms with van der Waals surface area (Å²) in [6, 6.07) is 3.96. The molecule has 1 rings (SSSR count). The van der Waals surface area contributed by atoms with Gasteiger partial charge in [-0.2, -0.15) is 0 Å². The van der Waals surface area contributed by atoms with Gasteiger partial charge in [0.15, 0.2) is 0 Å². The number of ether oxygens (including phenoxy) is 1. The first-order chi connectivity index (χ1) is 8.79. The van der Waals surface area contributed by atoms with E-state index in [-0.39, 0.29) is 17.1 Å². The smallest absolute Gasteiger partial charge is 0.313 e. The zero-order valence-corrected chi connectivity index (χ0v) is 11.7. The highest BCUT2D eigenvalue weighted by Crippen LogP contribution is 2.20. The highest BCUT2D eigenvalue weighted by molar-refractivity contribution is 6.34. The van der Waals surface area contributed by atoms with E-state index in [0.29, 0.717) is 0 Å². The number of hydrogen-bond donors (Lipinski definition) is 1. The molecule has 0 heterocycles. The van der Waals surface area contributed by atoms with Gasteiger partial charge < -0.3 is 10.1 Å². The van der Waals surface area contributed by atoms with Gasteiger partial charge >= 0.3 is 5.97 Å². The van der Waals surface area contributed by atoms with E-state index in [9.17, 15) is 14.0 Å². The van der Waals surface area contributed by atoms with Crippen LogP contribution in [0.3, 0.4) is 0 Å². The minimum atomic E-state index is -0.871. The van der Waals surface area contributed by atoms with Gasteiger partial charge in [0, 0.05) is 6.54 Å². The average Bonchev–Trinajstić information content (AvgIpc) is 2.38. The van der Waals surface area contributed by atoms with Crippen LogP contribution in [-0.2, 0) is 9.53 Å². The van der Waals surface area contributed by atoms with E-state index in [0.717, 1.165) is 6.07 Å². The van der Waals surface area contributed by atoms with Gasteiger partial charge in [0.25, 0.3) is 5.91 Å². The van der Waals surface area contributed by atoms with Crippen LogP contribution < -0.4 is 5.32 Å². The molecule has 0 radical (unpaired) electrons. The van der Waals surface area contributed by atoms with Crippen molar-refractivity contribution in [2.45, 2.75) is 13.8 Å². The third-order valence-electron chi connectivity index (χ3n) is 2.63. The predicted molar refractivity (Wildman–Crippen MR) is 69.5 cm³/mol. The standard InChI is InChI=1S/C13H15ClFNO3/c1-13(2,12(18)19-3)7-16-11(17)8-5-4-6-9(15)10(8)14/h4-6H,7H2,1-3H3,(H,16,17). The van der Waals surface area contributed by atoms with Gasteiger partial charge in [0.1, 0.15) is 5.82 Å². The number of rotatable bonds is 4. The molecule has 0 aliphatic rings. The van der Waals surface area contributed by atoms with Gasteiger partial charge in [-0.15, -0.1) is 0 Å². The predicted octanol–water partition coefficient (Wildman–Crippen LogP) is 2.41. The molecule has 6 heteroatoms. The highest BCUT2D eigenvalue weighted by Gasteiger charge is 2.29. The maximum absolute atomic E-state index is 13.2. The Morgan fingerprint density at radius 3 is 2.63 bits per heavy atom. The lowest BCUT2D eigenvalue weighted by Crippen LogP contribution is -2.39. The van der Waals surface area contributed by atoms with E-state index < -0.39 is 23.1 Å². The maximum Gasteiger partial charge on any atom is 0.313 e. The third-order valence-corrected chi connectivity index (χ3v) is 3.01. The summed E-state index contributed by atoms with van der Waals surface area (Å²) in [7, 11) is 1.27. The van der Waals surface area contributed by atoms with Crippen LogP contribution in [-0.4, -0.2) is 25.5 Å². The van der Waals surface area contributed by atoms with Crippen LogP contribution in [0, 0.1) is 11.2 Å². The minimum absolute atomic E-state index is 0.0299. The Morgan fingerprint density at radius 2 is 2.05 bits per heavy atom. The maximum atomic E-state index is 13.2. The number of methoxy groups -OCH3 is 1. The molecular formula is C13H15ClFNO3. The van der Waals surface area contributed by atoms with Crippen molar-refractivity contribution in [3.05, 3.63) is 34.6 Å². The fourth-order valence-corrected chi connectivity index (χ4v) is 1.64. The van der Waals surface area contributed by atoms with Gasteiger partial charge in [-0.3, -0.25) is 9.59 Å². The Bertz CT molecular complexity index is 503. The average molecular weight is 288 g/mol. The molecule has 0 spiro atoms. The van der Waals surface area contributed by atoms with Crippen molar-refractivity contribution in [1.29, 1.82) is 0 Å². The number of nitrogens with one attached hydrogen (secondary N) is 1. The lowest BCUT2D eigenvalue weighted by molar-refractivity contribution is -0.150. The minimum Gasteiger partial charge on any atom is -0.469 e. The van der Waals surface area contributed by atoms with E-state index in [4.69, 9.17) is 11.6 Å². The van der Waals surface area contributed by atoms with Crippen LogP contribution in [0.25, 0.3) is 0 Å². The molecular weight excluding hydrogens is 273 g/mol. The molecule has 1 amide bonds. The molecule has 0 aromatic heterocycles. The molecule has 19 heavy (non-hydrogen) atoms. The Hall–Kier alpha value is -1.62.